The number of aliphatic imine (C=N–C) groups is 1. The molecule has 2 fully saturated rings. The Bertz CT molecular complexity index is 983. The zero-order valence-corrected chi connectivity index (χ0v) is 17.5. The van der Waals surface area contributed by atoms with Gasteiger partial charge in [0.15, 0.2) is 0 Å². The molecule has 32 heavy (non-hydrogen) atoms. The summed E-state index contributed by atoms with van der Waals surface area (Å²) in [6, 6.07) is 23.0. The number of ether oxygens (including phenoxy) is 4. The summed E-state index contributed by atoms with van der Waals surface area (Å²) in [7, 11) is 0. The number of nitrogens with zero attached hydrogens (tertiary/aromatic N) is 3. The van der Waals surface area contributed by atoms with E-state index < -0.39 is 0 Å². The van der Waals surface area contributed by atoms with E-state index in [0.29, 0.717) is 13.2 Å². The van der Waals surface area contributed by atoms with Gasteiger partial charge in [-0.05, 0) is 66.2 Å². The molecule has 2 aliphatic rings. The Morgan fingerprint density at radius 1 is 0.656 bits per heavy atom. The maximum Gasteiger partial charge on any atom is 0.119 e. The Balaban J connectivity index is 1.12. The number of benzene rings is 3. The van der Waals surface area contributed by atoms with E-state index >= 15 is 0 Å². The van der Waals surface area contributed by atoms with E-state index in [2.05, 4.69) is 15.2 Å². The molecule has 2 heterocycles. The molecule has 3 aromatic carbocycles. The van der Waals surface area contributed by atoms with Crippen molar-refractivity contribution in [2.75, 3.05) is 26.4 Å². The van der Waals surface area contributed by atoms with Crippen LogP contribution in [0.4, 0.5) is 17.1 Å². The fourth-order valence-corrected chi connectivity index (χ4v) is 2.84. The van der Waals surface area contributed by atoms with Gasteiger partial charge in [0, 0.05) is 6.21 Å². The van der Waals surface area contributed by atoms with Crippen LogP contribution in [0.1, 0.15) is 5.56 Å². The first kappa shape index (κ1) is 20.4. The number of rotatable bonds is 10. The molecule has 5 rings (SSSR count). The van der Waals surface area contributed by atoms with Crippen molar-refractivity contribution in [3.63, 3.8) is 0 Å². The normalized spacial score (nSPS) is 19.4. The fraction of sp³-hybridized carbons (Fsp3) is 0.240. The summed E-state index contributed by atoms with van der Waals surface area (Å²) in [5.74, 6) is 1.63. The van der Waals surface area contributed by atoms with Crippen molar-refractivity contribution in [2.24, 2.45) is 15.2 Å². The van der Waals surface area contributed by atoms with E-state index in [0.717, 1.165) is 47.3 Å². The lowest BCUT2D eigenvalue weighted by atomic mass is 10.2. The third kappa shape index (κ3) is 6.23. The van der Waals surface area contributed by atoms with Crippen LogP contribution in [0.2, 0.25) is 0 Å². The zero-order valence-electron chi connectivity index (χ0n) is 17.5. The predicted octanol–water partition coefficient (Wildman–Crippen LogP) is 5.41. The van der Waals surface area contributed by atoms with Crippen molar-refractivity contribution in [1.29, 1.82) is 0 Å². The third-order valence-electron chi connectivity index (χ3n) is 4.89. The molecule has 0 N–H and O–H groups in total. The van der Waals surface area contributed by atoms with Crippen molar-refractivity contribution < 1.29 is 18.9 Å². The van der Waals surface area contributed by atoms with Crippen LogP contribution in [0.3, 0.4) is 0 Å². The molecule has 0 saturated carbocycles. The van der Waals surface area contributed by atoms with E-state index in [9.17, 15) is 0 Å². The smallest absolute Gasteiger partial charge is 0.119 e. The predicted molar refractivity (Wildman–Crippen MR) is 121 cm³/mol. The second-order valence-corrected chi connectivity index (χ2v) is 7.57. The fourth-order valence-electron chi connectivity index (χ4n) is 2.84. The Kier molecular flexibility index (Phi) is 6.18. The molecule has 7 heteroatoms. The van der Waals surface area contributed by atoms with E-state index in [1.807, 2.05) is 79.0 Å². The van der Waals surface area contributed by atoms with Crippen LogP contribution < -0.4 is 9.47 Å². The largest absolute Gasteiger partial charge is 0.491 e. The van der Waals surface area contributed by atoms with Crippen LogP contribution in [0.5, 0.6) is 11.5 Å². The van der Waals surface area contributed by atoms with Gasteiger partial charge in [0.25, 0.3) is 0 Å². The Morgan fingerprint density at radius 3 is 1.56 bits per heavy atom. The van der Waals surface area contributed by atoms with E-state index in [-0.39, 0.29) is 12.2 Å². The Morgan fingerprint density at radius 2 is 1.09 bits per heavy atom. The molecule has 2 atom stereocenters. The van der Waals surface area contributed by atoms with Gasteiger partial charge in [0.2, 0.25) is 0 Å². The molecule has 3 aromatic rings. The van der Waals surface area contributed by atoms with Crippen molar-refractivity contribution >= 4 is 23.3 Å². The standard InChI is InChI=1S/C25H23N3O4/c1-3-20(27-28-21-7-11-23(12-8-21)30-15-25-17-32-25)4-2-18(1)13-26-19-5-9-22(10-6-19)29-14-24-16-31-24/h1-13,24-25H,14-17H2. The number of epoxide rings is 2. The summed E-state index contributed by atoms with van der Waals surface area (Å²) in [5.41, 5.74) is 3.38. The average molecular weight is 429 g/mol. The first-order valence-electron chi connectivity index (χ1n) is 10.5. The third-order valence-corrected chi connectivity index (χ3v) is 4.89. The molecule has 2 saturated heterocycles. The van der Waals surface area contributed by atoms with Crippen LogP contribution in [-0.4, -0.2) is 44.9 Å². The Labute approximate surface area is 186 Å². The van der Waals surface area contributed by atoms with Gasteiger partial charge in [0.05, 0.1) is 30.3 Å². The van der Waals surface area contributed by atoms with E-state index in [1.165, 1.54) is 0 Å². The molecule has 2 aliphatic heterocycles. The van der Waals surface area contributed by atoms with E-state index in [4.69, 9.17) is 18.9 Å². The van der Waals surface area contributed by atoms with E-state index in [1.54, 1.807) is 0 Å². The molecule has 162 valence electrons. The highest BCUT2D eigenvalue weighted by molar-refractivity contribution is 5.82. The van der Waals surface area contributed by atoms with Crippen molar-refractivity contribution in [3.8, 4) is 11.5 Å². The molecular weight excluding hydrogens is 406 g/mol. The molecule has 2 unspecified atom stereocenters. The molecule has 0 radical (unpaired) electrons. The van der Waals surface area contributed by atoms with Gasteiger partial charge in [-0.1, -0.05) is 12.1 Å². The molecule has 0 bridgehead atoms. The summed E-state index contributed by atoms with van der Waals surface area (Å²) in [5, 5.41) is 8.57. The molecule has 7 nitrogen and oxygen atoms in total. The highest BCUT2D eigenvalue weighted by Gasteiger charge is 2.23. The first-order valence-corrected chi connectivity index (χ1v) is 10.5. The highest BCUT2D eigenvalue weighted by Crippen LogP contribution is 2.23. The molecule has 0 aliphatic carbocycles. The summed E-state index contributed by atoms with van der Waals surface area (Å²) in [4.78, 5) is 4.51. The number of hydrogen-bond acceptors (Lipinski definition) is 7. The van der Waals surface area contributed by atoms with Gasteiger partial charge in [-0.15, -0.1) is 0 Å². The maximum absolute atomic E-state index is 5.64. The summed E-state index contributed by atoms with van der Waals surface area (Å²) >= 11 is 0. The van der Waals surface area contributed by atoms with Crippen LogP contribution in [-0.2, 0) is 9.47 Å². The van der Waals surface area contributed by atoms with Crippen molar-refractivity contribution in [2.45, 2.75) is 12.2 Å². The summed E-state index contributed by atoms with van der Waals surface area (Å²) < 4.78 is 21.5. The highest BCUT2D eigenvalue weighted by atomic mass is 16.6. The van der Waals surface area contributed by atoms with Gasteiger partial charge >= 0.3 is 0 Å². The van der Waals surface area contributed by atoms with Gasteiger partial charge in [-0.2, -0.15) is 10.2 Å². The minimum atomic E-state index is 0.245. The molecule has 0 amide bonds. The monoisotopic (exact) mass is 429 g/mol. The van der Waals surface area contributed by atoms with Gasteiger partial charge in [-0.3, -0.25) is 4.99 Å². The van der Waals surface area contributed by atoms with Crippen LogP contribution >= 0.6 is 0 Å². The van der Waals surface area contributed by atoms with Gasteiger partial charge < -0.3 is 18.9 Å². The zero-order chi connectivity index (χ0) is 21.6. The van der Waals surface area contributed by atoms with Crippen molar-refractivity contribution in [1.82, 2.24) is 0 Å². The maximum atomic E-state index is 5.64. The Hall–Kier alpha value is -3.55. The summed E-state index contributed by atoms with van der Waals surface area (Å²) in [6.07, 6.45) is 2.32. The minimum absolute atomic E-state index is 0.245. The second kappa shape index (κ2) is 9.72. The van der Waals surface area contributed by atoms with Crippen LogP contribution in [0, 0.1) is 0 Å². The lowest BCUT2D eigenvalue weighted by molar-refractivity contribution is 0.263. The van der Waals surface area contributed by atoms with Gasteiger partial charge in [-0.25, -0.2) is 0 Å². The summed E-state index contributed by atoms with van der Waals surface area (Å²) in [6.45, 7) is 2.77. The first-order chi connectivity index (χ1) is 15.8. The minimum Gasteiger partial charge on any atom is -0.491 e. The van der Waals surface area contributed by atoms with Crippen LogP contribution in [0.15, 0.2) is 88.0 Å². The lowest BCUT2D eigenvalue weighted by Gasteiger charge is -2.03. The van der Waals surface area contributed by atoms with Gasteiger partial charge in [0.1, 0.15) is 36.9 Å². The van der Waals surface area contributed by atoms with Crippen molar-refractivity contribution in [3.05, 3.63) is 78.4 Å². The second-order valence-electron chi connectivity index (χ2n) is 7.57. The lowest BCUT2D eigenvalue weighted by Crippen LogP contribution is -2.03. The number of hydrogen-bond donors (Lipinski definition) is 0. The molecule has 0 aromatic heterocycles. The topological polar surface area (TPSA) is 80.6 Å². The number of azo groups is 1. The molecule has 0 spiro atoms. The molecular formula is C25H23N3O4. The quantitative estimate of drug-likeness (QED) is 0.245. The van der Waals surface area contributed by atoms with Crippen LogP contribution in [0.25, 0.3) is 0 Å². The SMILES string of the molecule is C(=Nc1ccc(OCC2CO2)cc1)c1ccc(N=Nc2ccc(OCC3CO3)cc2)cc1. The average Bonchev–Trinajstić information content (AvgIpc) is 3.76.